The average Bonchev–Trinajstić information content (AvgIpc) is 2.83. The Balaban J connectivity index is 1.52. The third-order valence-electron chi connectivity index (χ3n) is 5.68. The van der Waals surface area contributed by atoms with E-state index in [9.17, 15) is 9.59 Å². The van der Waals surface area contributed by atoms with Crippen molar-refractivity contribution in [3.05, 3.63) is 48.5 Å². The Bertz CT molecular complexity index is 817. The minimum Gasteiger partial charge on any atom is -0.491 e. The summed E-state index contributed by atoms with van der Waals surface area (Å²) in [5, 5.41) is 6.04. The van der Waals surface area contributed by atoms with Crippen molar-refractivity contribution in [1.29, 1.82) is 0 Å². The molecule has 0 aromatic heterocycles. The lowest BCUT2D eigenvalue weighted by Crippen LogP contribution is -2.32. The van der Waals surface area contributed by atoms with Gasteiger partial charge in [0.2, 0.25) is 11.8 Å². The molecule has 2 amide bonds. The molecule has 172 valence electrons. The number of nitrogens with one attached hydrogen (secondary N) is 2. The molecule has 0 bridgehead atoms. The van der Waals surface area contributed by atoms with Crippen molar-refractivity contribution in [2.45, 2.75) is 52.4 Å². The molecule has 6 nitrogen and oxygen atoms in total. The Hall–Kier alpha value is -3.02. The summed E-state index contributed by atoms with van der Waals surface area (Å²) < 4.78 is 11.5. The minimum absolute atomic E-state index is 0.00489. The van der Waals surface area contributed by atoms with Crippen LogP contribution >= 0.6 is 0 Å². The zero-order chi connectivity index (χ0) is 22.8. The van der Waals surface area contributed by atoms with Crippen molar-refractivity contribution in [2.75, 3.05) is 23.8 Å². The Morgan fingerprint density at radius 2 is 1.09 bits per heavy atom. The van der Waals surface area contributed by atoms with Gasteiger partial charge in [0.05, 0.1) is 24.6 Å². The van der Waals surface area contributed by atoms with Crippen LogP contribution in [-0.2, 0) is 9.59 Å². The molecular weight excluding hydrogens is 404 g/mol. The van der Waals surface area contributed by atoms with E-state index in [1.807, 2.05) is 62.4 Å². The lowest BCUT2D eigenvalue weighted by molar-refractivity contribution is -0.125. The van der Waals surface area contributed by atoms with Crippen LogP contribution in [0.3, 0.4) is 0 Å². The van der Waals surface area contributed by atoms with Gasteiger partial charge in [0, 0.05) is 11.8 Å². The zero-order valence-corrected chi connectivity index (χ0v) is 19.1. The van der Waals surface area contributed by atoms with Crippen molar-refractivity contribution >= 4 is 23.2 Å². The standard InChI is InChI=1S/C26H34N2O4/c1-3-17-31-23-11-7-5-9-21(23)27-25(29)19-13-15-20(16-14-19)26(30)28-22-10-6-8-12-24(22)32-18-4-2/h5-12,19-20H,3-4,13-18H2,1-2H3,(H,27,29)(H,28,30). The molecule has 0 saturated heterocycles. The molecule has 2 aromatic rings. The molecule has 1 aliphatic carbocycles. The fourth-order valence-electron chi connectivity index (χ4n) is 3.90. The fourth-order valence-corrected chi connectivity index (χ4v) is 3.90. The summed E-state index contributed by atoms with van der Waals surface area (Å²) in [6.07, 6.45) is 4.57. The molecule has 2 aromatic carbocycles. The summed E-state index contributed by atoms with van der Waals surface area (Å²) in [7, 11) is 0. The van der Waals surface area contributed by atoms with E-state index in [4.69, 9.17) is 9.47 Å². The van der Waals surface area contributed by atoms with Gasteiger partial charge in [-0.2, -0.15) is 0 Å². The quantitative estimate of drug-likeness (QED) is 0.503. The van der Waals surface area contributed by atoms with Crippen molar-refractivity contribution in [3.8, 4) is 11.5 Å². The molecule has 0 atom stereocenters. The van der Waals surface area contributed by atoms with Gasteiger partial charge in [0.1, 0.15) is 11.5 Å². The second kappa shape index (κ2) is 12.1. The van der Waals surface area contributed by atoms with Crippen LogP contribution in [0.4, 0.5) is 11.4 Å². The van der Waals surface area contributed by atoms with Gasteiger partial charge in [-0.3, -0.25) is 9.59 Å². The third-order valence-corrected chi connectivity index (χ3v) is 5.68. The normalized spacial score (nSPS) is 17.9. The Labute approximate surface area is 190 Å². The van der Waals surface area contributed by atoms with E-state index < -0.39 is 0 Å². The van der Waals surface area contributed by atoms with Gasteiger partial charge in [-0.05, 0) is 62.8 Å². The van der Waals surface area contributed by atoms with Crippen LogP contribution < -0.4 is 20.1 Å². The number of para-hydroxylation sites is 4. The van der Waals surface area contributed by atoms with E-state index in [-0.39, 0.29) is 23.7 Å². The first-order valence-corrected chi connectivity index (χ1v) is 11.7. The van der Waals surface area contributed by atoms with Crippen molar-refractivity contribution < 1.29 is 19.1 Å². The maximum absolute atomic E-state index is 12.8. The fraction of sp³-hybridized carbons (Fsp3) is 0.462. The number of amides is 2. The van der Waals surface area contributed by atoms with E-state index >= 15 is 0 Å². The number of rotatable bonds is 10. The Morgan fingerprint density at radius 3 is 1.47 bits per heavy atom. The monoisotopic (exact) mass is 438 g/mol. The van der Waals surface area contributed by atoms with Crippen LogP contribution in [0.5, 0.6) is 11.5 Å². The van der Waals surface area contributed by atoms with Gasteiger partial charge in [0.25, 0.3) is 0 Å². The molecule has 1 saturated carbocycles. The van der Waals surface area contributed by atoms with Gasteiger partial charge in [-0.1, -0.05) is 38.1 Å². The maximum atomic E-state index is 12.8. The second-order valence-electron chi connectivity index (χ2n) is 8.22. The first kappa shape index (κ1) is 23.6. The number of hydrogen-bond acceptors (Lipinski definition) is 4. The predicted molar refractivity (Wildman–Crippen MR) is 127 cm³/mol. The molecule has 1 fully saturated rings. The number of anilines is 2. The van der Waals surface area contributed by atoms with Crippen molar-refractivity contribution in [2.24, 2.45) is 11.8 Å². The number of ether oxygens (including phenoxy) is 2. The number of hydrogen-bond donors (Lipinski definition) is 2. The van der Waals surface area contributed by atoms with E-state index in [0.717, 1.165) is 12.8 Å². The highest BCUT2D eigenvalue weighted by molar-refractivity contribution is 5.95. The van der Waals surface area contributed by atoms with E-state index in [1.165, 1.54) is 0 Å². The van der Waals surface area contributed by atoms with Crippen molar-refractivity contribution in [3.63, 3.8) is 0 Å². The second-order valence-corrected chi connectivity index (χ2v) is 8.22. The van der Waals surface area contributed by atoms with Crippen molar-refractivity contribution in [1.82, 2.24) is 0 Å². The highest BCUT2D eigenvalue weighted by atomic mass is 16.5. The van der Waals surface area contributed by atoms with Crippen LogP contribution in [0.2, 0.25) is 0 Å². The number of carbonyl (C=O) groups excluding carboxylic acids is 2. The average molecular weight is 439 g/mol. The summed E-state index contributed by atoms with van der Waals surface area (Å²) in [4.78, 5) is 25.6. The molecular formula is C26H34N2O4. The first-order chi connectivity index (χ1) is 15.6. The van der Waals surface area contributed by atoms with Crippen LogP contribution in [0, 0.1) is 11.8 Å². The molecule has 1 aliphatic rings. The zero-order valence-electron chi connectivity index (χ0n) is 19.1. The minimum atomic E-state index is -0.0987. The first-order valence-electron chi connectivity index (χ1n) is 11.7. The lowest BCUT2D eigenvalue weighted by Gasteiger charge is -2.27. The van der Waals surface area contributed by atoms with Crippen LogP contribution in [-0.4, -0.2) is 25.0 Å². The molecule has 0 radical (unpaired) electrons. The van der Waals surface area contributed by atoms with Crippen LogP contribution in [0.15, 0.2) is 48.5 Å². The van der Waals surface area contributed by atoms with Gasteiger partial charge < -0.3 is 20.1 Å². The Morgan fingerprint density at radius 1 is 0.719 bits per heavy atom. The van der Waals surface area contributed by atoms with E-state index in [0.29, 0.717) is 61.8 Å². The smallest absolute Gasteiger partial charge is 0.227 e. The number of benzene rings is 2. The third kappa shape index (κ3) is 6.49. The van der Waals surface area contributed by atoms with Gasteiger partial charge in [0.15, 0.2) is 0 Å². The summed E-state index contributed by atoms with van der Waals surface area (Å²) in [6, 6.07) is 15.0. The summed E-state index contributed by atoms with van der Waals surface area (Å²) in [5.74, 6) is 1.18. The summed E-state index contributed by atoms with van der Waals surface area (Å²) in [6.45, 7) is 5.32. The van der Waals surface area contributed by atoms with Gasteiger partial charge in [-0.15, -0.1) is 0 Å². The molecule has 32 heavy (non-hydrogen) atoms. The van der Waals surface area contributed by atoms with Gasteiger partial charge >= 0.3 is 0 Å². The molecule has 0 aliphatic heterocycles. The van der Waals surface area contributed by atoms with Crippen LogP contribution in [0.1, 0.15) is 52.4 Å². The SMILES string of the molecule is CCCOc1ccccc1NC(=O)C1CCC(C(=O)Nc2ccccc2OCCC)CC1. The Kier molecular flexibility index (Phi) is 8.96. The molecule has 3 rings (SSSR count). The van der Waals surface area contributed by atoms with E-state index in [1.54, 1.807) is 0 Å². The van der Waals surface area contributed by atoms with E-state index in [2.05, 4.69) is 10.6 Å². The molecule has 2 N–H and O–H groups in total. The highest BCUT2D eigenvalue weighted by Gasteiger charge is 2.30. The molecule has 6 heteroatoms. The maximum Gasteiger partial charge on any atom is 0.227 e. The largest absolute Gasteiger partial charge is 0.491 e. The molecule has 0 unspecified atom stereocenters. The summed E-state index contributed by atoms with van der Waals surface area (Å²) >= 11 is 0. The highest BCUT2D eigenvalue weighted by Crippen LogP contribution is 2.33. The lowest BCUT2D eigenvalue weighted by atomic mass is 9.81. The molecule has 0 spiro atoms. The van der Waals surface area contributed by atoms with Crippen LogP contribution in [0.25, 0.3) is 0 Å². The summed E-state index contributed by atoms with van der Waals surface area (Å²) in [5.41, 5.74) is 1.41. The molecule has 0 heterocycles. The topological polar surface area (TPSA) is 76.7 Å². The predicted octanol–water partition coefficient (Wildman–Crippen LogP) is 5.65. The number of carbonyl (C=O) groups is 2. The van der Waals surface area contributed by atoms with Gasteiger partial charge in [-0.25, -0.2) is 0 Å².